The van der Waals surface area contributed by atoms with E-state index in [4.69, 9.17) is 9.73 Å². The first kappa shape index (κ1) is 21.2. The highest BCUT2D eigenvalue weighted by Crippen LogP contribution is 2.19. The molecule has 0 aromatic heterocycles. The zero-order valence-corrected chi connectivity index (χ0v) is 17.3. The highest BCUT2D eigenvalue weighted by molar-refractivity contribution is 5.97. The molecule has 0 amide bonds. The van der Waals surface area contributed by atoms with Crippen molar-refractivity contribution in [1.29, 1.82) is 0 Å². The second-order valence-corrected chi connectivity index (χ2v) is 7.34. The molecule has 27 heavy (non-hydrogen) atoms. The number of nitrogens with zero attached hydrogens (tertiary/aromatic N) is 4. The Kier molecular flexibility index (Phi) is 8.52. The number of likely N-dealkylation sites (N-methyl/N-ethyl adjacent to an activating group) is 1. The Morgan fingerprint density at radius 2 is 2.07 bits per heavy atom. The van der Waals surface area contributed by atoms with E-state index in [-0.39, 0.29) is 0 Å². The van der Waals surface area contributed by atoms with E-state index in [1.807, 2.05) is 0 Å². The number of amidine groups is 1. The number of hydrogen-bond acceptors (Lipinski definition) is 4. The van der Waals surface area contributed by atoms with Crippen molar-refractivity contribution in [3.05, 3.63) is 41.6 Å². The highest BCUT2D eigenvalue weighted by atomic mass is 16.5. The van der Waals surface area contributed by atoms with Gasteiger partial charge in [-0.05, 0) is 44.2 Å². The zero-order chi connectivity index (χ0) is 19.6. The maximum Gasteiger partial charge on any atom is 0.128 e. The van der Waals surface area contributed by atoms with Crippen LogP contribution in [-0.2, 0) is 11.3 Å². The van der Waals surface area contributed by atoms with E-state index in [9.17, 15) is 0 Å². The number of hydrogen-bond donors (Lipinski definition) is 0. The maximum atomic E-state index is 5.46. The minimum atomic E-state index is 0.573. The first-order valence-electron chi connectivity index (χ1n) is 9.89. The Labute approximate surface area is 164 Å². The molecule has 0 saturated carbocycles. The molecule has 0 unspecified atom stereocenters. The van der Waals surface area contributed by atoms with E-state index in [0.29, 0.717) is 12.5 Å². The molecule has 1 aromatic carbocycles. The smallest absolute Gasteiger partial charge is 0.128 e. The fraction of sp³-hybridized carbons (Fsp3) is 0.545. The van der Waals surface area contributed by atoms with Crippen molar-refractivity contribution in [2.24, 2.45) is 15.9 Å². The van der Waals surface area contributed by atoms with Gasteiger partial charge in [0.15, 0.2) is 0 Å². The minimum absolute atomic E-state index is 0.573. The third-order valence-corrected chi connectivity index (χ3v) is 4.60. The molecule has 5 nitrogen and oxygen atoms in total. The molecule has 1 aliphatic rings. The van der Waals surface area contributed by atoms with Crippen LogP contribution < -0.4 is 4.90 Å². The van der Waals surface area contributed by atoms with Crippen molar-refractivity contribution in [2.45, 2.75) is 34.2 Å². The Balaban J connectivity index is 2.21. The molecule has 148 valence electrons. The van der Waals surface area contributed by atoms with Crippen LogP contribution >= 0.6 is 0 Å². The predicted molar refractivity (Wildman–Crippen MR) is 116 cm³/mol. The van der Waals surface area contributed by atoms with Gasteiger partial charge in [0.1, 0.15) is 5.84 Å². The fourth-order valence-electron chi connectivity index (χ4n) is 3.31. The molecule has 1 aliphatic heterocycles. The second-order valence-electron chi connectivity index (χ2n) is 7.34. The van der Waals surface area contributed by atoms with Gasteiger partial charge >= 0.3 is 0 Å². The summed E-state index contributed by atoms with van der Waals surface area (Å²) in [5.41, 5.74) is 3.52. The molecule has 0 radical (unpaired) electrons. The number of rotatable bonds is 8. The normalized spacial score (nSPS) is 16.0. The molecule has 0 spiro atoms. The van der Waals surface area contributed by atoms with Gasteiger partial charge in [0.05, 0.1) is 19.8 Å². The fourth-order valence-corrected chi connectivity index (χ4v) is 3.31. The van der Waals surface area contributed by atoms with Gasteiger partial charge in [0, 0.05) is 43.6 Å². The minimum Gasteiger partial charge on any atom is -0.378 e. The highest BCUT2D eigenvalue weighted by Gasteiger charge is 2.14. The summed E-state index contributed by atoms with van der Waals surface area (Å²) in [6.07, 6.45) is 1.80. The van der Waals surface area contributed by atoms with Crippen molar-refractivity contribution >= 4 is 18.2 Å². The van der Waals surface area contributed by atoms with Crippen molar-refractivity contribution in [3.63, 3.8) is 0 Å². The molecular weight excluding hydrogens is 336 g/mol. The van der Waals surface area contributed by atoms with Crippen molar-refractivity contribution in [2.75, 3.05) is 44.3 Å². The van der Waals surface area contributed by atoms with Crippen molar-refractivity contribution < 1.29 is 4.74 Å². The summed E-state index contributed by atoms with van der Waals surface area (Å²) in [6.45, 7) is 18.3. The van der Waals surface area contributed by atoms with E-state index >= 15 is 0 Å². The lowest BCUT2D eigenvalue weighted by molar-refractivity contribution is 0.122. The van der Waals surface area contributed by atoms with E-state index in [1.165, 1.54) is 11.3 Å². The number of ether oxygens (including phenoxy) is 1. The van der Waals surface area contributed by atoms with E-state index in [1.54, 1.807) is 6.20 Å². The molecule has 5 heteroatoms. The topological polar surface area (TPSA) is 40.4 Å². The molecule has 1 aromatic rings. The van der Waals surface area contributed by atoms with Gasteiger partial charge in [-0.3, -0.25) is 9.98 Å². The molecule has 1 heterocycles. The van der Waals surface area contributed by atoms with Crippen molar-refractivity contribution in [3.8, 4) is 0 Å². The Hall–Kier alpha value is -2.14. The summed E-state index contributed by atoms with van der Waals surface area (Å²) >= 11 is 0. The average molecular weight is 371 g/mol. The van der Waals surface area contributed by atoms with Gasteiger partial charge in [-0.25, -0.2) is 0 Å². The Morgan fingerprint density at radius 1 is 1.33 bits per heavy atom. The maximum absolute atomic E-state index is 5.46. The van der Waals surface area contributed by atoms with Crippen LogP contribution in [0.25, 0.3) is 0 Å². The van der Waals surface area contributed by atoms with Crippen LogP contribution in [0.15, 0.2) is 46.0 Å². The predicted octanol–water partition coefficient (Wildman–Crippen LogP) is 4.00. The van der Waals surface area contributed by atoms with Crippen LogP contribution in [-0.4, -0.2) is 56.8 Å². The first-order chi connectivity index (χ1) is 13.0. The van der Waals surface area contributed by atoms with Gasteiger partial charge in [-0.2, -0.15) is 0 Å². The average Bonchev–Trinajstić information content (AvgIpc) is 2.68. The molecule has 0 bridgehead atoms. The summed E-state index contributed by atoms with van der Waals surface area (Å²) in [6, 6.07) is 8.68. The first-order valence-corrected chi connectivity index (χ1v) is 9.89. The largest absolute Gasteiger partial charge is 0.378 e. The third-order valence-electron chi connectivity index (χ3n) is 4.60. The van der Waals surface area contributed by atoms with Crippen LogP contribution in [0.3, 0.4) is 0 Å². The van der Waals surface area contributed by atoms with Crippen LogP contribution in [0.1, 0.15) is 33.3 Å². The lowest BCUT2D eigenvalue weighted by Crippen LogP contribution is -2.36. The number of benzene rings is 1. The van der Waals surface area contributed by atoms with Gasteiger partial charge < -0.3 is 14.5 Å². The number of anilines is 1. The van der Waals surface area contributed by atoms with Crippen LogP contribution in [0.2, 0.25) is 0 Å². The lowest BCUT2D eigenvalue weighted by atomic mass is 10.1. The lowest BCUT2D eigenvalue weighted by Gasteiger charge is -2.29. The second kappa shape index (κ2) is 10.9. The molecule has 0 atom stereocenters. The molecule has 1 fully saturated rings. The SMILES string of the molecule is C=N/C=C(C)\C(=N/Cc1cccc(N2CCOCC2)c1)N(CC)CC(C)C. The van der Waals surface area contributed by atoms with Gasteiger partial charge in [-0.15, -0.1) is 0 Å². The van der Waals surface area contributed by atoms with Gasteiger partial charge in [0.25, 0.3) is 0 Å². The van der Waals surface area contributed by atoms with Gasteiger partial charge in [-0.1, -0.05) is 26.0 Å². The van der Waals surface area contributed by atoms with Crippen molar-refractivity contribution in [1.82, 2.24) is 4.90 Å². The molecule has 0 N–H and O–H groups in total. The summed E-state index contributed by atoms with van der Waals surface area (Å²) in [5, 5.41) is 0. The molecule has 2 rings (SSSR count). The van der Waals surface area contributed by atoms with Gasteiger partial charge in [0.2, 0.25) is 0 Å². The Bertz CT molecular complexity index is 660. The summed E-state index contributed by atoms with van der Waals surface area (Å²) < 4.78 is 5.46. The quantitative estimate of drug-likeness (QED) is 0.513. The Morgan fingerprint density at radius 3 is 2.70 bits per heavy atom. The third kappa shape index (κ3) is 6.51. The summed E-state index contributed by atoms with van der Waals surface area (Å²) in [5.74, 6) is 1.58. The van der Waals surface area contributed by atoms with Crippen LogP contribution in [0.5, 0.6) is 0 Å². The molecule has 1 saturated heterocycles. The van der Waals surface area contributed by atoms with Crippen LogP contribution in [0, 0.1) is 5.92 Å². The molecule has 0 aliphatic carbocycles. The zero-order valence-electron chi connectivity index (χ0n) is 17.3. The number of aliphatic imine (C=N–C) groups is 2. The van der Waals surface area contributed by atoms with E-state index in [2.05, 4.69) is 73.5 Å². The van der Waals surface area contributed by atoms with E-state index < -0.39 is 0 Å². The van der Waals surface area contributed by atoms with Crippen LogP contribution in [0.4, 0.5) is 5.69 Å². The number of morpholine rings is 1. The summed E-state index contributed by atoms with van der Waals surface area (Å²) in [4.78, 5) is 13.6. The standard InChI is InChI=1S/C22H34N4O/c1-6-25(17-18(2)3)22(19(4)15-23-5)24-16-20-8-7-9-21(14-20)26-10-12-27-13-11-26/h7-9,14-15,18H,5-6,10-13,16-17H2,1-4H3/b19-15-,24-22+. The van der Waals surface area contributed by atoms with E-state index in [0.717, 1.165) is 50.8 Å². The summed E-state index contributed by atoms with van der Waals surface area (Å²) in [7, 11) is 0. The monoisotopic (exact) mass is 370 g/mol. The molecular formula is C22H34N4O.